The molecule has 0 saturated heterocycles. The van der Waals surface area contributed by atoms with E-state index in [1.807, 2.05) is 6.07 Å². The summed E-state index contributed by atoms with van der Waals surface area (Å²) in [7, 11) is 0. The second kappa shape index (κ2) is 5.21. The summed E-state index contributed by atoms with van der Waals surface area (Å²) in [6.07, 6.45) is 4.36. The van der Waals surface area contributed by atoms with E-state index in [0.29, 0.717) is 0 Å². The first kappa shape index (κ1) is 13.3. The quantitative estimate of drug-likeness (QED) is 0.320. The van der Waals surface area contributed by atoms with Gasteiger partial charge < -0.3 is 0 Å². The van der Waals surface area contributed by atoms with Gasteiger partial charge in [0.25, 0.3) is 0 Å². The fourth-order valence-electron chi connectivity index (χ4n) is 3.67. The van der Waals surface area contributed by atoms with Gasteiger partial charge in [-0.05, 0) is 50.2 Å². The lowest BCUT2D eigenvalue weighted by Gasteiger charge is -2.03. The lowest BCUT2D eigenvalue weighted by atomic mass is 10.0. The van der Waals surface area contributed by atoms with Crippen molar-refractivity contribution in [3.63, 3.8) is 0 Å². The van der Waals surface area contributed by atoms with Gasteiger partial charge in [-0.15, -0.1) is 0 Å². The maximum absolute atomic E-state index is 2.31. The zero-order chi connectivity index (χ0) is 15.9. The predicted molar refractivity (Wildman–Crippen MR) is 104 cm³/mol. The topological polar surface area (TPSA) is 0 Å². The summed E-state index contributed by atoms with van der Waals surface area (Å²) in [4.78, 5) is 0. The molecule has 4 aromatic rings. The van der Waals surface area contributed by atoms with Crippen LogP contribution in [0.5, 0.6) is 0 Å². The molecule has 0 atom stereocenters. The molecule has 1 aliphatic rings. The van der Waals surface area contributed by atoms with E-state index in [2.05, 4.69) is 91.0 Å². The SMILES string of the molecule is C(=C/c1ccc2c(c1)-c1cccc3cccc-2c13)/c1ccccc1. The Bertz CT molecular complexity index is 1080. The number of benzene rings is 4. The minimum atomic E-state index is 1.23. The van der Waals surface area contributed by atoms with E-state index < -0.39 is 0 Å². The van der Waals surface area contributed by atoms with Crippen LogP contribution in [0.15, 0.2) is 84.9 Å². The third-order valence-corrected chi connectivity index (χ3v) is 4.80. The van der Waals surface area contributed by atoms with Crippen molar-refractivity contribution >= 4 is 22.9 Å². The Morgan fingerprint density at radius 2 is 1.17 bits per heavy atom. The number of rotatable bonds is 2. The van der Waals surface area contributed by atoms with E-state index in [9.17, 15) is 0 Å². The van der Waals surface area contributed by atoms with Gasteiger partial charge in [-0.1, -0.05) is 91.0 Å². The van der Waals surface area contributed by atoms with Crippen LogP contribution in [0.1, 0.15) is 11.1 Å². The van der Waals surface area contributed by atoms with Gasteiger partial charge in [-0.2, -0.15) is 0 Å². The number of hydrogen-bond donors (Lipinski definition) is 0. The third-order valence-electron chi connectivity index (χ3n) is 4.80. The van der Waals surface area contributed by atoms with E-state index in [1.54, 1.807) is 0 Å². The molecule has 0 aromatic heterocycles. The van der Waals surface area contributed by atoms with Crippen LogP contribution in [0.25, 0.3) is 45.2 Å². The maximum atomic E-state index is 2.31. The van der Waals surface area contributed by atoms with Crippen molar-refractivity contribution in [3.05, 3.63) is 96.1 Å². The lowest BCUT2D eigenvalue weighted by molar-refractivity contribution is 1.64. The summed E-state index contributed by atoms with van der Waals surface area (Å²) in [5.41, 5.74) is 7.87. The smallest absolute Gasteiger partial charge is 0.00264 e. The van der Waals surface area contributed by atoms with Gasteiger partial charge in [0.15, 0.2) is 0 Å². The summed E-state index contributed by atoms with van der Waals surface area (Å²) >= 11 is 0. The molecule has 0 heterocycles. The van der Waals surface area contributed by atoms with Crippen molar-refractivity contribution in [1.82, 2.24) is 0 Å². The average Bonchev–Trinajstić information content (AvgIpc) is 2.97. The Labute approximate surface area is 141 Å². The van der Waals surface area contributed by atoms with Gasteiger partial charge >= 0.3 is 0 Å². The molecule has 24 heavy (non-hydrogen) atoms. The first-order chi connectivity index (χ1) is 11.9. The van der Waals surface area contributed by atoms with Crippen LogP contribution >= 0.6 is 0 Å². The molecule has 0 heteroatoms. The van der Waals surface area contributed by atoms with Crippen molar-refractivity contribution in [3.8, 4) is 22.3 Å². The molecule has 0 bridgehead atoms. The van der Waals surface area contributed by atoms with E-state index in [-0.39, 0.29) is 0 Å². The van der Waals surface area contributed by atoms with Gasteiger partial charge in [0.2, 0.25) is 0 Å². The fourth-order valence-corrected chi connectivity index (χ4v) is 3.67. The summed E-state index contributed by atoms with van der Waals surface area (Å²) < 4.78 is 0. The molecule has 1 aliphatic carbocycles. The monoisotopic (exact) mass is 304 g/mol. The molecule has 0 nitrogen and oxygen atoms in total. The fraction of sp³-hybridized carbons (Fsp3) is 0. The van der Waals surface area contributed by atoms with Crippen molar-refractivity contribution in [2.45, 2.75) is 0 Å². The predicted octanol–water partition coefficient (Wildman–Crippen LogP) is 6.66. The second-order valence-electron chi connectivity index (χ2n) is 6.26. The van der Waals surface area contributed by atoms with Crippen LogP contribution in [0.3, 0.4) is 0 Å². The van der Waals surface area contributed by atoms with Crippen molar-refractivity contribution in [2.24, 2.45) is 0 Å². The average molecular weight is 304 g/mol. The normalized spacial score (nSPS) is 12.0. The number of hydrogen-bond acceptors (Lipinski definition) is 0. The van der Waals surface area contributed by atoms with Gasteiger partial charge in [-0.3, -0.25) is 0 Å². The Kier molecular flexibility index (Phi) is 2.89. The molecule has 0 aliphatic heterocycles. The van der Waals surface area contributed by atoms with E-state index in [4.69, 9.17) is 0 Å². The largest absolute Gasteiger partial charge is 0.0622 e. The van der Waals surface area contributed by atoms with Crippen molar-refractivity contribution in [1.29, 1.82) is 0 Å². The molecule has 0 unspecified atom stereocenters. The lowest BCUT2D eigenvalue weighted by Crippen LogP contribution is -1.79. The molecule has 0 amide bonds. The molecule has 0 spiro atoms. The first-order valence-electron chi connectivity index (χ1n) is 8.30. The van der Waals surface area contributed by atoms with Crippen molar-refractivity contribution in [2.75, 3.05) is 0 Å². The Hall–Kier alpha value is -3.12. The molecule has 0 fully saturated rings. The van der Waals surface area contributed by atoms with Crippen LogP contribution in [-0.4, -0.2) is 0 Å². The van der Waals surface area contributed by atoms with Gasteiger partial charge in [-0.25, -0.2) is 0 Å². The highest BCUT2D eigenvalue weighted by atomic mass is 14.2. The van der Waals surface area contributed by atoms with Crippen molar-refractivity contribution < 1.29 is 0 Å². The van der Waals surface area contributed by atoms with E-state index >= 15 is 0 Å². The zero-order valence-corrected chi connectivity index (χ0v) is 13.2. The molecular weight excluding hydrogens is 288 g/mol. The summed E-state index contributed by atoms with van der Waals surface area (Å²) in [5.74, 6) is 0. The molecule has 0 saturated carbocycles. The van der Waals surface area contributed by atoms with Crippen LogP contribution in [0.2, 0.25) is 0 Å². The standard InChI is InChI=1S/C24H16/c1-2-6-17(7-3-1)12-13-18-14-15-20-21-10-4-8-19-9-5-11-22(24(19)21)23(20)16-18/h1-16H/b13-12-. The summed E-state index contributed by atoms with van der Waals surface area (Å²) in [5, 5.41) is 2.71. The van der Waals surface area contributed by atoms with Crippen LogP contribution in [0, 0.1) is 0 Å². The molecule has 0 radical (unpaired) electrons. The van der Waals surface area contributed by atoms with E-state index in [0.717, 1.165) is 0 Å². The molecule has 4 aromatic carbocycles. The minimum absolute atomic E-state index is 1.23. The summed E-state index contributed by atoms with van der Waals surface area (Å²) in [6, 6.07) is 30.4. The van der Waals surface area contributed by atoms with Gasteiger partial charge in [0.1, 0.15) is 0 Å². The second-order valence-corrected chi connectivity index (χ2v) is 6.26. The highest BCUT2D eigenvalue weighted by Crippen LogP contribution is 2.47. The van der Waals surface area contributed by atoms with Gasteiger partial charge in [0, 0.05) is 0 Å². The van der Waals surface area contributed by atoms with Crippen LogP contribution in [0.4, 0.5) is 0 Å². The Balaban J connectivity index is 1.64. The summed E-state index contributed by atoms with van der Waals surface area (Å²) in [6.45, 7) is 0. The molecule has 0 N–H and O–H groups in total. The van der Waals surface area contributed by atoms with Gasteiger partial charge in [0.05, 0.1) is 0 Å². The number of fused-ring (bicyclic) bond motifs is 3. The third kappa shape index (κ3) is 2.00. The Morgan fingerprint density at radius 1 is 0.458 bits per heavy atom. The first-order valence-corrected chi connectivity index (χ1v) is 8.30. The maximum Gasteiger partial charge on any atom is -0.00264 e. The zero-order valence-electron chi connectivity index (χ0n) is 13.2. The highest BCUT2D eigenvalue weighted by molar-refractivity contribution is 6.15. The van der Waals surface area contributed by atoms with Crippen LogP contribution in [-0.2, 0) is 0 Å². The molecule has 112 valence electrons. The molecular formula is C24H16. The van der Waals surface area contributed by atoms with Crippen LogP contribution < -0.4 is 0 Å². The minimum Gasteiger partial charge on any atom is -0.0622 e. The highest BCUT2D eigenvalue weighted by Gasteiger charge is 2.20. The molecule has 5 rings (SSSR count). The Morgan fingerprint density at radius 3 is 1.96 bits per heavy atom. The van der Waals surface area contributed by atoms with E-state index in [1.165, 1.54) is 44.2 Å².